The first kappa shape index (κ1) is 10.6. The number of halogens is 1. The van der Waals surface area contributed by atoms with Crippen LogP contribution in [0, 0.1) is 5.82 Å². The van der Waals surface area contributed by atoms with Crippen LogP contribution in [0.2, 0.25) is 0 Å². The third kappa shape index (κ3) is 2.58. The molecule has 16 heavy (non-hydrogen) atoms. The fourth-order valence-corrected chi connectivity index (χ4v) is 1.33. The van der Waals surface area contributed by atoms with Crippen molar-refractivity contribution in [1.29, 1.82) is 0 Å². The molecular weight excluding hydrogens is 207 g/mol. The van der Waals surface area contributed by atoms with Gasteiger partial charge in [-0.15, -0.1) is 0 Å². The van der Waals surface area contributed by atoms with Gasteiger partial charge in [0.1, 0.15) is 11.6 Å². The highest BCUT2D eigenvalue weighted by Crippen LogP contribution is 2.19. The minimum atomic E-state index is -1.04. The lowest BCUT2D eigenvalue weighted by molar-refractivity contribution is -0.0194. The van der Waals surface area contributed by atoms with E-state index in [2.05, 4.69) is 0 Å². The lowest BCUT2D eigenvalue weighted by Crippen LogP contribution is -2.05. The second-order valence-electron chi connectivity index (χ2n) is 3.33. The summed E-state index contributed by atoms with van der Waals surface area (Å²) in [5.41, 5.74) is 0.659. The van der Waals surface area contributed by atoms with Crippen LogP contribution < -0.4 is 4.74 Å². The van der Waals surface area contributed by atoms with Crippen LogP contribution in [0.15, 0.2) is 54.6 Å². The van der Waals surface area contributed by atoms with Crippen molar-refractivity contribution >= 4 is 0 Å². The Kier molecular flexibility index (Phi) is 3.17. The molecule has 3 heteroatoms. The first-order valence-electron chi connectivity index (χ1n) is 4.91. The van der Waals surface area contributed by atoms with E-state index in [0.717, 1.165) is 0 Å². The Hall–Kier alpha value is -1.87. The van der Waals surface area contributed by atoms with E-state index in [4.69, 9.17) is 4.74 Å². The maximum atomic E-state index is 12.6. The summed E-state index contributed by atoms with van der Waals surface area (Å²) in [5, 5.41) is 9.73. The smallest absolute Gasteiger partial charge is 0.224 e. The number of aliphatic hydroxyl groups is 1. The van der Waals surface area contributed by atoms with Gasteiger partial charge in [-0.2, -0.15) is 0 Å². The van der Waals surface area contributed by atoms with E-state index in [1.807, 2.05) is 18.2 Å². The standard InChI is InChI=1S/C13H11FO2/c14-11-6-8-12(9-7-11)16-13(15)10-4-2-1-3-5-10/h1-9,13,15H. The Labute approximate surface area is 92.9 Å². The van der Waals surface area contributed by atoms with E-state index in [9.17, 15) is 9.50 Å². The molecule has 0 heterocycles. The first-order chi connectivity index (χ1) is 7.75. The molecule has 0 aliphatic heterocycles. The molecule has 2 nitrogen and oxygen atoms in total. The summed E-state index contributed by atoms with van der Waals surface area (Å²) in [7, 11) is 0. The van der Waals surface area contributed by atoms with Crippen molar-refractivity contribution in [1.82, 2.24) is 0 Å². The van der Waals surface area contributed by atoms with Gasteiger partial charge in [0.05, 0.1) is 0 Å². The Morgan fingerprint density at radius 3 is 2.19 bits per heavy atom. The summed E-state index contributed by atoms with van der Waals surface area (Å²) in [6, 6.07) is 14.5. The van der Waals surface area contributed by atoms with Gasteiger partial charge in [-0.05, 0) is 24.3 Å². The first-order valence-corrected chi connectivity index (χ1v) is 4.91. The largest absolute Gasteiger partial charge is 0.461 e. The highest BCUT2D eigenvalue weighted by molar-refractivity contribution is 5.24. The summed E-state index contributed by atoms with van der Waals surface area (Å²) in [6.45, 7) is 0. The maximum absolute atomic E-state index is 12.6. The van der Waals surface area contributed by atoms with Gasteiger partial charge in [-0.3, -0.25) is 0 Å². The Morgan fingerprint density at radius 2 is 1.56 bits per heavy atom. The molecule has 0 aliphatic carbocycles. The van der Waals surface area contributed by atoms with Crippen LogP contribution in [0.3, 0.4) is 0 Å². The van der Waals surface area contributed by atoms with Crippen molar-refractivity contribution in [3.8, 4) is 5.75 Å². The lowest BCUT2D eigenvalue weighted by atomic mass is 10.2. The van der Waals surface area contributed by atoms with Crippen LogP contribution in [0.1, 0.15) is 11.9 Å². The van der Waals surface area contributed by atoms with Crippen molar-refractivity contribution in [3.63, 3.8) is 0 Å². The zero-order valence-electron chi connectivity index (χ0n) is 8.51. The fourth-order valence-electron chi connectivity index (χ4n) is 1.33. The van der Waals surface area contributed by atoms with Gasteiger partial charge in [0.2, 0.25) is 6.29 Å². The summed E-state index contributed by atoms with van der Waals surface area (Å²) < 4.78 is 17.9. The summed E-state index contributed by atoms with van der Waals surface area (Å²) in [4.78, 5) is 0. The molecule has 0 radical (unpaired) electrons. The summed E-state index contributed by atoms with van der Waals surface area (Å²) >= 11 is 0. The second-order valence-corrected chi connectivity index (χ2v) is 3.33. The van der Waals surface area contributed by atoms with Gasteiger partial charge in [0.25, 0.3) is 0 Å². The Bertz CT molecular complexity index is 439. The van der Waals surface area contributed by atoms with E-state index in [-0.39, 0.29) is 5.82 Å². The van der Waals surface area contributed by atoms with Gasteiger partial charge < -0.3 is 9.84 Å². The monoisotopic (exact) mass is 218 g/mol. The van der Waals surface area contributed by atoms with Crippen LogP contribution in [0.4, 0.5) is 4.39 Å². The quantitative estimate of drug-likeness (QED) is 0.802. The number of benzene rings is 2. The maximum Gasteiger partial charge on any atom is 0.224 e. The van der Waals surface area contributed by atoms with E-state index >= 15 is 0 Å². The van der Waals surface area contributed by atoms with Crippen LogP contribution in [-0.4, -0.2) is 5.11 Å². The molecular formula is C13H11FO2. The van der Waals surface area contributed by atoms with E-state index in [0.29, 0.717) is 11.3 Å². The molecule has 0 saturated heterocycles. The Morgan fingerprint density at radius 1 is 0.938 bits per heavy atom. The van der Waals surface area contributed by atoms with Crippen molar-refractivity contribution < 1.29 is 14.2 Å². The average Bonchev–Trinajstić information content (AvgIpc) is 2.33. The van der Waals surface area contributed by atoms with Crippen molar-refractivity contribution in [2.75, 3.05) is 0 Å². The Balaban J connectivity index is 2.08. The van der Waals surface area contributed by atoms with Gasteiger partial charge in [-0.1, -0.05) is 30.3 Å². The SMILES string of the molecule is OC(Oc1ccc(F)cc1)c1ccccc1. The summed E-state index contributed by atoms with van der Waals surface area (Å²) in [6.07, 6.45) is -1.04. The molecule has 0 bridgehead atoms. The van der Waals surface area contributed by atoms with Crippen molar-refractivity contribution in [2.45, 2.75) is 6.29 Å². The molecule has 0 fully saturated rings. The highest BCUT2D eigenvalue weighted by Gasteiger charge is 2.07. The van der Waals surface area contributed by atoms with E-state index < -0.39 is 6.29 Å². The van der Waals surface area contributed by atoms with E-state index in [1.54, 1.807) is 12.1 Å². The van der Waals surface area contributed by atoms with Gasteiger partial charge in [0.15, 0.2) is 0 Å². The topological polar surface area (TPSA) is 29.5 Å². The number of rotatable bonds is 3. The van der Waals surface area contributed by atoms with Crippen LogP contribution >= 0.6 is 0 Å². The molecule has 0 aromatic heterocycles. The molecule has 0 aliphatic rings. The molecule has 2 rings (SSSR count). The van der Waals surface area contributed by atoms with Crippen LogP contribution in [-0.2, 0) is 0 Å². The molecule has 1 atom stereocenters. The van der Waals surface area contributed by atoms with Gasteiger partial charge in [-0.25, -0.2) is 4.39 Å². The third-order valence-corrected chi connectivity index (χ3v) is 2.15. The molecule has 2 aromatic rings. The average molecular weight is 218 g/mol. The highest BCUT2D eigenvalue weighted by atomic mass is 19.1. The predicted octanol–water partition coefficient (Wildman–Crippen LogP) is 2.90. The number of hydrogen-bond acceptors (Lipinski definition) is 2. The van der Waals surface area contributed by atoms with Gasteiger partial charge >= 0.3 is 0 Å². The minimum Gasteiger partial charge on any atom is -0.461 e. The molecule has 0 spiro atoms. The van der Waals surface area contributed by atoms with Crippen LogP contribution in [0.5, 0.6) is 5.75 Å². The third-order valence-electron chi connectivity index (χ3n) is 2.15. The number of ether oxygens (including phenoxy) is 1. The zero-order valence-corrected chi connectivity index (χ0v) is 8.51. The molecule has 1 unspecified atom stereocenters. The fraction of sp³-hybridized carbons (Fsp3) is 0.0769. The molecule has 1 N–H and O–H groups in total. The molecule has 0 amide bonds. The molecule has 82 valence electrons. The normalized spacial score (nSPS) is 12.1. The zero-order chi connectivity index (χ0) is 11.4. The minimum absolute atomic E-state index is 0.332. The second kappa shape index (κ2) is 4.77. The molecule has 2 aromatic carbocycles. The van der Waals surface area contributed by atoms with Crippen molar-refractivity contribution in [2.24, 2.45) is 0 Å². The number of aliphatic hydroxyl groups excluding tert-OH is 1. The lowest BCUT2D eigenvalue weighted by Gasteiger charge is -2.13. The predicted molar refractivity (Wildman–Crippen MR) is 58.4 cm³/mol. The van der Waals surface area contributed by atoms with E-state index in [1.165, 1.54) is 24.3 Å². The van der Waals surface area contributed by atoms with Gasteiger partial charge in [0, 0.05) is 5.56 Å². The summed E-state index contributed by atoms with van der Waals surface area (Å²) in [5.74, 6) is 0.0966. The molecule has 0 saturated carbocycles. The number of hydrogen-bond donors (Lipinski definition) is 1. The van der Waals surface area contributed by atoms with Crippen LogP contribution in [0.25, 0.3) is 0 Å². The van der Waals surface area contributed by atoms with Crippen molar-refractivity contribution in [3.05, 3.63) is 66.0 Å².